The average Bonchev–Trinajstić information content (AvgIpc) is 3.31. The minimum absolute atomic E-state index is 0.0556. The highest BCUT2D eigenvalue weighted by molar-refractivity contribution is 6.03. The lowest BCUT2D eigenvalue weighted by molar-refractivity contribution is -0.134. The minimum atomic E-state index is -0.255. The fourth-order valence-electron chi connectivity index (χ4n) is 4.55. The summed E-state index contributed by atoms with van der Waals surface area (Å²) in [4.78, 5) is 26.9. The maximum absolute atomic E-state index is 13.4. The van der Waals surface area contributed by atoms with Crippen LogP contribution in [0.25, 0.3) is 0 Å². The number of nitrogens with zero attached hydrogens (tertiary/aromatic N) is 3. The number of hydrazone groups is 1. The second-order valence-electron chi connectivity index (χ2n) is 8.69. The van der Waals surface area contributed by atoms with E-state index in [9.17, 15) is 9.59 Å². The number of rotatable bonds is 8. The van der Waals surface area contributed by atoms with Gasteiger partial charge in [0.25, 0.3) is 5.91 Å². The zero-order chi connectivity index (χ0) is 24.1. The fraction of sp³-hybridized carbons (Fsp3) is 0.423. The Balaban J connectivity index is 1.53. The van der Waals surface area contributed by atoms with E-state index in [1.165, 1.54) is 0 Å². The van der Waals surface area contributed by atoms with Gasteiger partial charge in [0.2, 0.25) is 5.91 Å². The first-order chi connectivity index (χ1) is 16.5. The molecule has 2 aliphatic rings. The molecule has 1 fully saturated rings. The number of carbonyl (C=O) groups is 2. The van der Waals surface area contributed by atoms with Crippen molar-refractivity contribution in [2.45, 2.75) is 32.2 Å². The van der Waals surface area contributed by atoms with Crippen LogP contribution < -0.4 is 15.2 Å². The van der Waals surface area contributed by atoms with Crippen molar-refractivity contribution >= 4 is 17.5 Å². The van der Waals surface area contributed by atoms with Crippen LogP contribution in [0.4, 0.5) is 0 Å². The molecule has 1 unspecified atom stereocenters. The quantitative estimate of drug-likeness (QED) is 0.648. The minimum Gasteiger partial charge on any atom is -0.497 e. The van der Waals surface area contributed by atoms with Gasteiger partial charge in [-0.3, -0.25) is 14.5 Å². The summed E-state index contributed by atoms with van der Waals surface area (Å²) in [6, 6.07) is 15.4. The Morgan fingerprint density at radius 1 is 1.03 bits per heavy atom. The fourth-order valence-corrected chi connectivity index (χ4v) is 4.55. The van der Waals surface area contributed by atoms with Gasteiger partial charge in [0, 0.05) is 12.3 Å². The van der Waals surface area contributed by atoms with Gasteiger partial charge in [0.15, 0.2) is 0 Å². The molecule has 0 spiro atoms. The van der Waals surface area contributed by atoms with Crippen molar-refractivity contribution in [1.82, 2.24) is 9.91 Å². The van der Waals surface area contributed by atoms with Crippen LogP contribution in [-0.4, -0.2) is 60.8 Å². The highest BCUT2D eigenvalue weighted by Gasteiger charge is 2.34. The van der Waals surface area contributed by atoms with Gasteiger partial charge in [-0.1, -0.05) is 12.1 Å². The normalized spacial score (nSPS) is 19.1. The zero-order valence-electron chi connectivity index (χ0n) is 19.8. The number of primary amides is 1. The Morgan fingerprint density at radius 2 is 1.68 bits per heavy atom. The molecule has 8 heteroatoms. The molecule has 0 saturated carbocycles. The second kappa shape index (κ2) is 10.7. The molecule has 2 aliphatic heterocycles. The number of methoxy groups -OCH3 is 1. The number of nitrogens with two attached hydrogens (primary N) is 1. The van der Waals surface area contributed by atoms with Crippen LogP contribution in [0.15, 0.2) is 53.6 Å². The first-order valence-corrected chi connectivity index (χ1v) is 11.8. The van der Waals surface area contributed by atoms with Crippen molar-refractivity contribution in [3.05, 3.63) is 59.7 Å². The van der Waals surface area contributed by atoms with Gasteiger partial charge in [0.05, 0.1) is 32.0 Å². The van der Waals surface area contributed by atoms with Crippen LogP contribution in [0.1, 0.15) is 43.4 Å². The zero-order valence-corrected chi connectivity index (χ0v) is 19.8. The molecule has 180 valence electrons. The SMILES string of the molecule is CCOc1ccc(C2CC(c3ccc(OC)cc3)=NN2C(=O)CN2CCC(C(N)=O)CC2)cc1. The molecule has 4 rings (SSSR count). The molecule has 2 aromatic rings. The van der Waals surface area contributed by atoms with E-state index in [1.54, 1.807) is 12.1 Å². The Hall–Kier alpha value is -3.39. The Morgan fingerprint density at radius 3 is 2.26 bits per heavy atom. The lowest BCUT2D eigenvalue weighted by atomic mass is 9.96. The van der Waals surface area contributed by atoms with Crippen LogP contribution in [-0.2, 0) is 9.59 Å². The summed E-state index contributed by atoms with van der Waals surface area (Å²) >= 11 is 0. The summed E-state index contributed by atoms with van der Waals surface area (Å²) < 4.78 is 10.8. The Labute approximate surface area is 200 Å². The Bertz CT molecular complexity index is 1030. The molecule has 2 aromatic carbocycles. The molecule has 0 aliphatic carbocycles. The van der Waals surface area contributed by atoms with Crippen LogP contribution in [0.3, 0.4) is 0 Å². The smallest absolute Gasteiger partial charge is 0.257 e. The topological polar surface area (TPSA) is 97.5 Å². The van der Waals surface area contributed by atoms with Gasteiger partial charge in [-0.25, -0.2) is 5.01 Å². The molecule has 1 saturated heterocycles. The van der Waals surface area contributed by atoms with Crippen LogP contribution in [0.2, 0.25) is 0 Å². The lowest BCUT2D eigenvalue weighted by Crippen LogP contribution is -2.43. The maximum atomic E-state index is 13.4. The summed E-state index contributed by atoms with van der Waals surface area (Å²) in [6.45, 7) is 4.17. The van der Waals surface area contributed by atoms with E-state index in [1.807, 2.05) is 55.5 Å². The van der Waals surface area contributed by atoms with E-state index in [0.29, 0.717) is 39.0 Å². The summed E-state index contributed by atoms with van der Waals surface area (Å²) in [5, 5.41) is 6.39. The summed E-state index contributed by atoms with van der Waals surface area (Å²) in [7, 11) is 1.64. The summed E-state index contributed by atoms with van der Waals surface area (Å²) in [5.74, 6) is 1.16. The van der Waals surface area contributed by atoms with E-state index in [0.717, 1.165) is 28.3 Å². The number of amides is 2. The Kier molecular flexibility index (Phi) is 7.47. The third kappa shape index (κ3) is 5.39. The van der Waals surface area contributed by atoms with E-state index < -0.39 is 0 Å². The molecular weight excluding hydrogens is 432 g/mol. The monoisotopic (exact) mass is 464 g/mol. The van der Waals surface area contributed by atoms with Crippen LogP contribution >= 0.6 is 0 Å². The predicted molar refractivity (Wildman–Crippen MR) is 130 cm³/mol. The molecule has 0 bridgehead atoms. The van der Waals surface area contributed by atoms with Gasteiger partial charge in [-0.05, 0) is 80.4 Å². The van der Waals surface area contributed by atoms with Gasteiger partial charge in [0.1, 0.15) is 11.5 Å². The molecule has 2 N–H and O–H groups in total. The number of benzene rings is 2. The number of hydrogen-bond donors (Lipinski definition) is 1. The number of carbonyl (C=O) groups excluding carboxylic acids is 2. The molecule has 8 nitrogen and oxygen atoms in total. The lowest BCUT2D eigenvalue weighted by Gasteiger charge is -2.31. The molecule has 2 amide bonds. The van der Waals surface area contributed by atoms with Crippen molar-refractivity contribution in [1.29, 1.82) is 0 Å². The van der Waals surface area contributed by atoms with Crippen molar-refractivity contribution in [3.63, 3.8) is 0 Å². The highest BCUT2D eigenvalue weighted by atomic mass is 16.5. The molecule has 1 atom stereocenters. The third-order valence-electron chi connectivity index (χ3n) is 6.51. The van der Waals surface area contributed by atoms with Gasteiger partial charge >= 0.3 is 0 Å². The van der Waals surface area contributed by atoms with Gasteiger partial charge < -0.3 is 15.2 Å². The third-order valence-corrected chi connectivity index (χ3v) is 6.51. The molecule has 2 heterocycles. The molecule has 34 heavy (non-hydrogen) atoms. The second-order valence-corrected chi connectivity index (χ2v) is 8.69. The number of hydrogen-bond acceptors (Lipinski definition) is 6. The van der Waals surface area contributed by atoms with E-state index >= 15 is 0 Å². The number of likely N-dealkylation sites (tertiary alicyclic amines) is 1. The van der Waals surface area contributed by atoms with Gasteiger partial charge in [-0.2, -0.15) is 5.10 Å². The van der Waals surface area contributed by atoms with Gasteiger partial charge in [-0.15, -0.1) is 0 Å². The molecule has 0 radical (unpaired) electrons. The largest absolute Gasteiger partial charge is 0.497 e. The van der Waals surface area contributed by atoms with E-state index in [4.69, 9.17) is 20.3 Å². The van der Waals surface area contributed by atoms with Crippen molar-refractivity contribution < 1.29 is 19.1 Å². The average molecular weight is 465 g/mol. The van der Waals surface area contributed by atoms with E-state index in [2.05, 4.69) is 4.90 Å². The molecular formula is C26H32N4O4. The summed E-state index contributed by atoms with van der Waals surface area (Å²) in [6.07, 6.45) is 1.99. The highest BCUT2D eigenvalue weighted by Crippen LogP contribution is 2.34. The first-order valence-electron chi connectivity index (χ1n) is 11.8. The van der Waals surface area contributed by atoms with E-state index in [-0.39, 0.29) is 30.3 Å². The van der Waals surface area contributed by atoms with Crippen LogP contribution in [0.5, 0.6) is 11.5 Å². The first kappa shape index (κ1) is 23.8. The van der Waals surface area contributed by atoms with Crippen LogP contribution in [0, 0.1) is 5.92 Å². The number of piperidine rings is 1. The molecule has 0 aromatic heterocycles. The predicted octanol–water partition coefficient (Wildman–Crippen LogP) is 2.97. The standard InChI is InChI=1S/C26H32N4O4/c1-3-34-22-10-6-19(7-11-22)24-16-23(18-4-8-21(33-2)9-5-18)28-30(24)25(31)17-29-14-12-20(13-15-29)26(27)32/h4-11,20,24H,3,12-17H2,1-2H3,(H2,27,32). The van der Waals surface area contributed by atoms with Crippen molar-refractivity contribution in [3.8, 4) is 11.5 Å². The van der Waals surface area contributed by atoms with Crippen molar-refractivity contribution in [2.24, 2.45) is 16.8 Å². The van der Waals surface area contributed by atoms with Crippen molar-refractivity contribution in [2.75, 3.05) is 33.4 Å². The summed E-state index contributed by atoms with van der Waals surface area (Å²) in [5.41, 5.74) is 8.29. The maximum Gasteiger partial charge on any atom is 0.257 e. The number of ether oxygens (including phenoxy) is 2.